The second kappa shape index (κ2) is 8.18. The Morgan fingerprint density at radius 1 is 1.18 bits per heavy atom. The van der Waals surface area contributed by atoms with Crippen molar-refractivity contribution in [2.75, 3.05) is 26.2 Å². The average Bonchev–Trinajstić information content (AvgIpc) is 2.41. The van der Waals surface area contributed by atoms with Crippen LogP contribution in [0.4, 0.5) is 13.2 Å². The van der Waals surface area contributed by atoms with Crippen molar-refractivity contribution in [2.24, 2.45) is 0 Å². The Kier molecular flexibility index (Phi) is 7.16. The molecule has 0 saturated carbocycles. The molecule has 0 spiro atoms. The third kappa shape index (κ3) is 5.45. The van der Waals surface area contributed by atoms with E-state index in [9.17, 15) is 13.2 Å². The first kappa shape index (κ1) is 19.3. The zero-order chi connectivity index (χ0) is 15.5. The van der Waals surface area contributed by atoms with Gasteiger partial charge in [0.15, 0.2) is 0 Å². The summed E-state index contributed by atoms with van der Waals surface area (Å²) < 4.78 is 37.9. The second-order valence-corrected chi connectivity index (χ2v) is 5.82. The normalized spacial score (nSPS) is 17.9. The fourth-order valence-electron chi connectivity index (χ4n) is 3.03. The molecule has 1 saturated heterocycles. The third-order valence-electron chi connectivity index (χ3n) is 4.08. The first-order valence-electron chi connectivity index (χ1n) is 7.45. The molecule has 1 aliphatic heterocycles. The molecule has 1 N–H and O–H groups in total. The molecule has 1 aromatic rings. The van der Waals surface area contributed by atoms with Gasteiger partial charge in [0, 0.05) is 38.6 Å². The highest BCUT2D eigenvalue weighted by Gasteiger charge is 2.31. The van der Waals surface area contributed by atoms with Gasteiger partial charge in [0.2, 0.25) is 0 Å². The highest BCUT2D eigenvalue weighted by Crippen LogP contribution is 2.33. The third-order valence-corrected chi connectivity index (χ3v) is 4.08. The molecule has 1 fully saturated rings. The van der Waals surface area contributed by atoms with Crippen LogP contribution in [0.25, 0.3) is 0 Å². The van der Waals surface area contributed by atoms with Gasteiger partial charge in [-0.05, 0) is 31.4 Å². The number of alkyl halides is 3. The zero-order valence-corrected chi connectivity index (χ0v) is 13.9. The number of hydrogen-bond donors (Lipinski definition) is 1. The number of nitrogens with one attached hydrogen (secondary N) is 1. The molecule has 0 radical (unpaired) electrons. The lowest BCUT2D eigenvalue weighted by molar-refractivity contribution is -0.138. The van der Waals surface area contributed by atoms with Gasteiger partial charge in [-0.15, -0.1) is 12.4 Å². The fraction of sp³-hybridized carbons (Fsp3) is 0.625. The summed E-state index contributed by atoms with van der Waals surface area (Å²) in [5.41, 5.74) is 3.26. The molecule has 6 heteroatoms. The van der Waals surface area contributed by atoms with E-state index in [1.54, 1.807) is 0 Å². The Balaban J connectivity index is 0.00000242. The van der Waals surface area contributed by atoms with Crippen LogP contribution in [0.15, 0.2) is 18.2 Å². The molecule has 0 amide bonds. The highest BCUT2D eigenvalue weighted by molar-refractivity contribution is 5.85. The first-order chi connectivity index (χ1) is 9.87. The van der Waals surface area contributed by atoms with Crippen molar-refractivity contribution in [3.8, 4) is 0 Å². The van der Waals surface area contributed by atoms with Crippen molar-refractivity contribution in [1.82, 2.24) is 10.2 Å². The lowest BCUT2D eigenvalue weighted by atomic mass is 9.94. The maximum absolute atomic E-state index is 12.6. The van der Waals surface area contributed by atoms with Crippen molar-refractivity contribution < 1.29 is 13.2 Å². The Bertz CT molecular complexity index is 471. The molecular weight excluding hydrogens is 313 g/mol. The fourth-order valence-corrected chi connectivity index (χ4v) is 3.03. The summed E-state index contributed by atoms with van der Waals surface area (Å²) in [5.74, 6) is 0. The summed E-state index contributed by atoms with van der Waals surface area (Å²) in [6.45, 7) is 7.28. The summed E-state index contributed by atoms with van der Waals surface area (Å²) in [6.07, 6.45) is -4.69. The number of halogens is 4. The van der Waals surface area contributed by atoms with Crippen LogP contribution in [0, 0.1) is 13.8 Å². The largest absolute Gasteiger partial charge is 0.389 e. The molecule has 1 atom stereocenters. The van der Waals surface area contributed by atoms with Crippen LogP contribution >= 0.6 is 12.4 Å². The van der Waals surface area contributed by atoms with Crippen LogP contribution in [-0.2, 0) is 0 Å². The predicted molar refractivity (Wildman–Crippen MR) is 85.6 cm³/mol. The minimum atomic E-state index is -4.09. The van der Waals surface area contributed by atoms with E-state index in [1.165, 1.54) is 0 Å². The summed E-state index contributed by atoms with van der Waals surface area (Å²) >= 11 is 0. The summed E-state index contributed by atoms with van der Waals surface area (Å²) in [4.78, 5) is 2.18. The topological polar surface area (TPSA) is 15.3 Å². The second-order valence-electron chi connectivity index (χ2n) is 5.82. The van der Waals surface area contributed by atoms with Gasteiger partial charge in [-0.3, -0.25) is 4.90 Å². The van der Waals surface area contributed by atoms with Gasteiger partial charge in [0.1, 0.15) is 0 Å². The van der Waals surface area contributed by atoms with E-state index in [2.05, 4.69) is 16.3 Å². The van der Waals surface area contributed by atoms with Crippen molar-refractivity contribution in [1.29, 1.82) is 0 Å². The van der Waals surface area contributed by atoms with Crippen molar-refractivity contribution in [3.05, 3.63) is 34.9 Å². The lowest BCUT2D eigenvalue weighted by Crippen LogP contribution is -2.45. The quantitative estimate of drug-likeness (QED) is 0.893. The Morgan fingerprint density at radius 3 is 2.36 bits per heavy atom. The van der Waals surface area contributed by atoms with E-state index in [0.717, 1.165) is 42.9 Å². The molecule has 0 aliphatic carbocycles. The van der Waals surface area contributed by atoms with Crippen molar-refractivity contribution in [3.63, 3.8) is 0 Å². The number of rotatable bonds is 4. The lowest BCUT2D eigenvalue weighted by Gasteiger charge is -2.36. The van der Waals surface area contributed by atoms with Crippen LogP contribution in [-0.4, -0.2) is 37.3 Å². The van der Waals surface area contributed by atoms with E-state index in [4.69, 9.17) is 0 Å². The van der Waals surface area contributed by atoms with Gasteiger partial charge >= 0.3 is 6.18 Å². The van der Waals surface area contributed by atoms with E-state index >= 15 is 0 Å². The smallest absolute Gasteiger partial charge is 0.314 e. The molecule has 0 aromatic heterocycles. The minimum absolute atomic E-state index is 0. The van der Waals surface area contributed by atoms with Gasteiger partial charge in [0.05, 0.1) is 0 Å². The monoisotopic (exact) mass is 336 g/mol. The van der Waals surface area contributed by atoms with Crippen LogP contribution in [0.2, 0.25) is 0 Å². The van der Waals surface area contributed by atoms with Crippen molar-refractivity contribution >= 4 is 12.4 Å². The maximum Gasteiger partial charge on any atom is 0.389 e. The van der Waals surface area contributed by atoms with Gasteiger partial charge in [-0.1, -0.05) is 23.8 Å². The summed E-state index contributed by atoms with van der Waals surface area (Å²) in [6, 6.07) is 5.89. The molecule has 1 heterocycles. The van der Waals surface area contributed by atoms with Crippen molar-refractivity contribution in [2.45, 2.75) is 38.9 Å². The standard InChI is InChI=1S/C16H23F3N2.ClH/c1-12-3-4-14(13(2)11-12)15(5-6-16(17,18)19)21-9-7-20-8-10-21;/h3-4,11,15,20H,5-10H2,1-2H3;1H/t15-;/m0./s1. The van der Waals surface area contributed by atoms with Gasteiger partial charge in [-0.2, -0.15) is 13.2 Å². The molecule has 0 bridgehead atoms. The molecule has 2 nitrogen and oxygen atoms in total. The van der Waals surface area contributed by atoms with Crippen LogP contribution in [0.5, 0.6) is 0 Å². The molecule has 1 aromatic carbocycles. The first-order valence-corrected chi connectivity index (χ1v) is 7.45. The summed E-state index contributed by atoms with van der Waals surface area (Å²) in [5, 5.41) is 3.25. The Labute approximate surface area is 136 Å². The molecule has 1 aliphatic rings. The van der Waals surface area contributed by atoms with Gasteiger partial charge < -0.3 is 5.32 Å². The minimum Gasteiger partial charge on any atom is -0.314 e. The number of benzene rings is 1. The number of nitrogens with zero attached hydrogens (tertiary/aromatic N) is 1. The number of piperazine rings is 1. The van der Waals surface area contributed by atoms with Crippen LogP contribution in [0.1, 0.15) is 35.6 Å². The number of aryl methyl sites for hydroxylation is 2. The molecule has 2 rings (SSSR count). The predicted octanol–water partition coefficient (Wildman–Crippen LogP) is 4.01. The summed E-state index contributed by atoms with van der Waals surface area (Å²) in [7, 11) is 0. The average molecular weight is 337 g/mol. The Hall–Kier alpha value is -0.780. The van der Waals surface area contributed by atoms with Gasteiger partial charge in [0.25, 0.3) is 0 Å². The molecule has 22 heavy (non-hydrogen) atoms. The highest BCUT2D eigenvalue weighted by atomic mass is 35.5. The van der Waals surface area contributed by atoms with E-state index < -0.39 is 12.6 Å². The molecule has 126 valence electrons. The van der Waals surface area contributed by atoms with Crippen LogP contribution in [0.3, 0.4) is 0 Å². The van der Waals surface area contributed by atoms with E-state index in [0.29, 0.717) is 0 Å². The van der Waals surface area contributed by atoms with Crippen LogP contribution < -0.4 is 5.32 Å². The molecular formula is C16H24ClF3N2. The Morgan fingerprint density at radius 2 is 1.82 bits per heavy atom. The van der Waals surface area contributed by atoms with Gasteiger partial charge in [-0.25, -0.2) is 0 Å². The van der Waals surface area contributed by atoms with E-state index in [1.807, 2.05) is 26.0 Å². The number of hydrogen-bond acceptors (Lipinski definition) is 2. The van der Waals surface area contributed by atoms with E-state index in [-0.39, 0.29) is 24.9 Å². The molecule has 0 unspecified atom stereocenters. The zero-order valence-electron chi connectivity index (χ0n) is 13.0. The maximum atomic E-state index is 12.6. The SMILES string of the molecule is Cc1ccc([C@H](CCC(F)(F)F)N2CCNCC2)c(C)c1.Cl.